The molecule has 1 aromatic heterocycles. The van der Waals surface area contributed by atoms with Crippen molar-refractivity contribution in [2.45, 2.75) is 57.1 Å². The zero-order chi connectivity index (χ0) is 24.2. The van der Waals surface area contributed by atoms with E-state index in [1.807, 2.05) is 30.5 Å². The number of H-pyrrole nitrogens is 1. The first-order chi connectivity index (χ1) is 16.3. The number of carboxylic acids is 2. The van der Waals surface area contributed by atoms with Crippen molar-refractivity contribution in [3.63, 3.8) is 0 Å². The summed E-state index contributed by atoms with van der Waals surface area (Å²) in [5, 5.41) is 27.5. The van der Waals surface area contributed by atoms with Gasteiger partial charge in [-0.15, -0.1) is 0 Å². The minimum atomic E-state index is -1.08. The maximum atomic E-state index is 10.6. The van der Waals surface area contributed by atoms with Crippen LogP contribution in [0.5, 0.6) is 5.75 Å². The molecule has 8 heteroatoms. The Morgan fingerprint density at radius 3 is 2.24 bits per heavy atom. The second-order valence-corrected chi connectivity index (χ2v) is 10.3. The number of nitrogens with zero attached hydrogens (tertiary/aromatic N) is 1. The third-order valence-electron chi connectivity index (χ3n) is 7.72. The topological polar surface area (TPSA) is 123 Å². The molecule has 4 aliphatic rings. The van der Waals surface area contributed by atoms with Gasteiger partial charge in [-0.25, -0.2) is 0 Å². The number of hydrogen-bond donors (Lipinski definition) is 4. The highest BCUT2D eigenvalue weighted by molar-refractivity contribution is 5.85. The van der Waals surface area contributed by atoms with Crippen LogP contribution in [0, 0.1) is 23.7 Å². The molecule has 1 atom stereocenters. The van der Waals surface area contributed by atoms with Crippen LogP contribution in [0.25, 0.3) is 10.9 Å². The summed E-state index contributed by atoms with van der Waals surface area (Å²) in [6.07, 6.45) is 8.05. The first kappa shape index (κ1) is 24.5. The zero-order valence-electron chi connectivity index (χ0n) is 19.7. The lowest BCUT2D eigenvalue weighted by molar-refractivity contribution is -0.143. The summed E-state index contributed by atoms with van der Waals surface area (Å²) in [5.74, 6) is 2.41. The number of nitrogens with one attached hydrogen (secondary N) is 1. The molecule has 1 aromatic carbocycles. The minimum absolute atomic E-state index is 0.296. The van der Waals surface area contributed by atoms with Gasteiger partial charge in [0.05, 0.1) is 12.8 Å². The summed E-state index contributed by atoms with van der Waals surface area (Å²) in [4.78, 5) is 24.9. The Balaban J connectivity index is 0.000000297. The number of aromatic amines is 1. The van der Waals surface area contributed by atoms with E-state index in [0.29, 0.717) is 19.2 Å². The first-order valence-corrected chi connectivity index (χ1v) is 12.3. The fourth-order valence-corrected chi connectivity index (χ4v) is 6.71. The maximum absolute atomic E-state index is 10.6. The van der Waals surface area contributed by atoms with Crippen molar-refractivity contribution < 1.29 is 29.6 Å². The molecule has 0 saturated heterocycles. The Bertz CT molecular complexity index is 947. The molecule has 0 unspecified atom stereocenters. The molecule has 2 aromatic rings. The summed E-state index contributed by atoms with van der Waals surface area (Å²) in [6, 6.07) is 8.70. The number of carbonyl (C=O) groups is 2. The Morgan fingerprint density at radius 1 is 1.03 bits per heavy atom. The van der Waals surface area contributed by atoms with Gasteiger partial charge in [0.25, 0.3) is 0 Å². The van der Waals surface area contributed by atoms with Gasteiger partial charge in [-0.2, -0.15) is 0 Å². The number of likely N-dealkylation sites (N-methyl/N-ethyl adjacent to an activating group) is 1. The molecule has 8 nitrogen and oxygen atoms in total. The highest BCUT2D eigenvalue weighted by Crippen LogP contribution is 2.54. The molecular formula is C26H36N2O6. The van der Waals surface area contributed by atoms with Crippen LogP contribution in [0.2, 0.25) is 0 Å². The van der Waals surface area contributed by atoms with Crippen LogP contribution >= 0.6 is 0 Å². The quantitative estimate of drug-likeness (QED) is 0.440. The van der Waals surface area contributed by atoms with Gasteiger partial charge in [0, 0.05) is 29.7 Å². The van der Waals surface area contributed by atoms with Crippen LogP contribution in [0.3, 0.4) is 0 Å². The molecule has 4 saturated carbocycles. The third-order valence-corrected chi connectivity index (χ3v) is 7.72. The van der Waals surface area contributed by atoms with Crippen LogP contribution in [0.4, 0.5) is 0 Å². The van der Waals surface area contributed by atoms with Crippen LogP contribution in [-0.2, 0) is 9.59 Å². The van der Waals surface area contributed by atoms with E-state index in [4.69, 9.17) is 14.9 Å². The molecule has 34 heavy (non-hydrogen) atoms. The van der Waals surface area contributed by atoms with E-state index in [1.165, 1.54) is 32.1 Å². The highest BCUT2D eigenvalue weighted by atomic mass is 16.5. The van der Waals surface area contributed by atoms with Crippen molar-refractivity contribution >= 4 is 22.8 Å². The molecule has 1 heterocycles. The van der Waals surface area contributed by atoms with Gasteiger partial charge in [0.15, 0.2) is 0 Å². The average Bonchev–Trinajstić information content (AvgIpc) is 3.25. The molecule has 4 N–H and O–H groups in total. The number of carboxylic acid groups (broad SMARTS) is 2. The molecule has 4 bridgehead atoms. The fourth-order valence-electron chi connectivity index (χ4n) is 6.71. The number of aromatic nitrogens is 1. The smallest absolute Gasteiger partial charge is 0.303 e. The lowest BCUT2D eigenvalue weighted by Crippen LogP contribution is -2.56. The minimum Gasteiger partial charge on any atom is -0.490 e. The summed E-state index contributed by atoms with van der Waals surface area (Å²) in [5.41, 5.74) is 1.07. The standard InChI is InChI=1S/C22H30N2O2.C4H6O4/c1-24(22-16-8-14-7-15(10-16)11-17(22)9-14)12-18(25)13-26-21-4-2-3-20-19(21)5-6-23-20;5-3(6)1-2-4(7)8/h2-6,14-18,22-23,25H,7-13H2,1H3;1-2H2,(H,5,6)(H,7,8)/t14?,15?,16?,17?,18-,22?;/m0./s1. The molecule has 0 aliphatic heterocycles. The Morgan fingerprint density at radius 2 is 1.65 bits per heavy atom. The molecule has 0 radical (unpaired) electrons. The van der Waals surface area contributed by atoms with Crippen LogP contribution in [0.1, 0.15) is 44.9 Å². The number of benzene rings is 1. The van der Waals surface area contributed by atoms with Gasteiger partial charge in [-0.05, 0) is 81.0 Å². The van der Waals surface area contributed by atoms with Gasteiger partial charge in [0.2, 0.25) is 0 Å². The summed E-state index contributed by atoms with van der Waals surface area (Å²) < 4.78 is 5.95. The van der Waals surface area contributed by atoms with Gasteiger partial charge in [0.1, 0.15) is 18.5 Å². The van der Waals surface area contributed by atoms with Crippen molar-refractivity contribution in [1.29, 1.82) is 0 Å². The van der Waals surface area contributed by atoms with Crippen LogP contribution in [0.15, 0.2) is 30.5 Å². The van der Waals surface area contributed by atoms with Crippen molar-refractivity contribution in [1.82, 2.24) is 9.88 Å². The van der Waals surface area contributed by atoms with E-state index >= 15 is 0 Å². The summed E-state index contributed by atoms with van der Waals surface area (Å²) >= 11 is 0. The highest BCUT2D eigenvalue weighted by Gasteiger charge is 2.49. The predicted molar refractivity (Wildman–Crippen MR) is 128 cm³/mol. The van der Waals surface area contributed by atoms with E-state index in [-0.39, 0.29) is 12.8 Å². The number of rotatable bonds is 9. The van der Waals surface area contributed by atoms with E-state index < -0.39 is 18.0 Å². The molecule has 4 aliphatic carbocycles. The molecule has 186 valence electrons. The van der Waals surface area contributed by atoms with Crippen molar-refractivity contribution in [2.75, 3.05) is 20.2 Å². The Hall–Kier alpha value is -2.58. The average molecular weight is 473 g/mol. The van der Waals surface area contributed by atoms with Crippen molar-refractivity contribution in [2.24, 2.45) is 23.7 Å². The Labute approximate surface area is 199 Å². The number of fused-ring (bicyclic) bond motifs is 1. The molecular weight excluding hydrogens is 436 g/mol. The lowest BCUT2D eigenvalue weighted by Gasteiger charge is -2.57. The zero-order valence-corrected chi connectivity index (χ0v) is 19.7. The Kier molecular flexibility index (Phi) is 7.78. The van der Waals surface area contributed by atoms with E-state index in [0.717, 1.165) is 40.3 Å². The predicted octanol–water partition coefficient (Wildman–Crippen LogP) is 3.60. The molecule has 0 spiro atoms. The second kappa shape index (κ2) is 10.8. The van der Waals surface area contributed by atoms with Gasteiger partial charge in [-0.1, -0.05) is 6.07 Å². The third kappa shape index (κ3) is 5.91. The lowest BCUT2D eigenvalue weighted by atomic mass is 9.54. The molecule has 6 rings (SSSR count). The van der Waals surface area contributed by atoms with Crippen LogP contribution in [-0.4, -0.2) is 69.5 Å². The summed E-state index contributed by atoms with van der Waals surface area (Å²) in [7, 11) is 2.21. The number of aliphatic hydroxyl groups excluding tert-OH is 1. The maximum Gasteiger partial charge on any atom is 0.303 e. The van der Waals surface area contributed by atoms with Crippen molar-refractivity contribution in [3.05, 3.63) is 30.5 Å². The molecule has 0 amide bonds. The van der Waals surface area contributed by atoms with Crippen molar-refractivity contribution in [3.8, 4) is 5.75 Å². The van der Waals surface area contributed by atoms with Crippen LogP contribution < -0.4 is 4.74 Å². The second-order valence-electron chi connectivity index (χ2n) is 10.3. The summed E-state index contributed by atoms with van der Waals surface area (Å²) in [6.45, 7) is 1.05. The van der Waals surface area contributed by atoms with Gasteiger partial charge >= 0.3 is 11.9 Å². The van der Waals surface area contributed by atoms with Gasteiger partial charge < -0.3 is 29.9 Å². The first-order valence-electron chi connectivity index (χ1n) is 12.3. The number of ether oxygens (including phenoxy) is 1. The monoisotopic (exact) mass is 472 g/mol. The van der Waals surface area contributed by atoms with E-state index in [1.54, 1.807) is 0 Å². The SMILES string of the molecule is CN(C[C@H](O)COc1cccc2[nH]ccc12)C1C2CC3CC(C2)CC1C3.O=C(O)CCC(=O)O. The number of hydrogen-bond acceptors (Lipinski definition) is 5. The largest absolute Gasteiger partial charge is 0.490 e. The number of aliphatic carboxylic acids is 2. The van der Waals surface area contributed by atoms with E-state index in [2.05, 4.69) is 16.9 Å². The normalized spacial score (nSPS) is 27.9. The number of aliphatic hydroxyl groups is 1. The fraction of sp³-hybridized carbons (Fsp3) is 0.615. The van der Waals surface area contributed by atoms with Gasteiger partial charge in [-0.3, -0.25) is 9.59 Å². The van der Waals surface area contributed by atoms with E-state index in [9.17, 15) is 14.7 Å². The molecule has 4 fully saturated rings.